The summed E-state index contributed by atoms with van der Waals surface area (Å²) in [7, 11) is 0. The second-order valence-electron chi connectivity index (χ2n) is 9.84. The molecule has 1 amide bonds. The van der Waals surface area contributed by atoms with Gasteiger partial charge in [-0.1, -0.05) is 0 Å². The van der Waals surface area contributed by atoms with E-state index in [4.69, 9.17) is 15.7 Å². The Labute approximate surface area is 235 Å². The number of hydrogen-bond acceptors (Lipinski definition) is 9. The third kappa shape index (κ3) is 6.59. The number of pyridine rings is 2. The molecule has 0 bridgehead atoms. The van der Waals surface area contributed by atoms with Crippen LogP contribution in [0.3, 0.4) is 0 Å². The van der Waals surface area contributed by atoms with E-state index < -0.39 is 17.2 Å². The van der Waals surface area contributed by atoms with E-state index in [9.17, 15) is 14.4 Å². The number of primary amides is 1. The first-order chi connectivity index (χ1) is 19.9. The summed E-state index contributed by atoms with van der Waals surface area (Å²) >= 11 is 0. The van der Waals surface area contributed by atoms with Crippen LogP contribution in [-0.4, -0.2) is 69.7 Å². The number of hydrogen-bond donors (Lipinski definition) is 2. The van der Waals surface area contributed by atoms with Crippen molar-refractivity contribution in [3.63, 3.8) is 0 Å². The maximum atomic E-state index is 12.3. The van der Waals surface area contributed by atoms with Gasteiger partial charge in [-0.25, -0.2) is 9.78 Å². The number of aromatic nitrogens is 4. The molecule has 1 aliphatic heterocycles. The first-order valence-electron chi connectivity index (χ1n) is 13.4. The number of nitrogens with two attached hydrogens (primary N) is 1. The second kappa shape index (κ2) is 12.4. The van der Waals surface area contributed by atoms with Crippen molar-refractivity contribution in [2.24, 2.45) is 5.73 Å². The largest absolute Gasteiger partial charge is 0.494 e. The molecule has 0 atom stereocenters. The van der Waals surface area contributed by atoms with Gasteiger partial charge in [0.15, 0.2) is 0 Å². The molecule has 3 aromatic heterocycles. The van der Waals surface area contributed by atoms with Gasteiger partial charge >= 0.3 is 5.69 Å². The molecule has 12 heteroatoms. The van der Waals surface area contributed by atoms with Crippen LogP contribution < -0.4 is 26.6 Å². The van der Waals surface area contributed by atoms with E-state index in [0.29, 0.717) is 23.6 Å². The van der Waals surface area contributed by atoms with Gasteiger partial charge in [0.1, 0.15) is 23.2 Å². The highest BCUT2D eigenvalue weighted by molar-refractivity contribution is 5.92. The van der Waals surface area contributed by atoms with Crippen molar-refractivity contribution in [1.29, 1.82) is 5.26 Å². The van der Waals surface area contributed by atoms with Crippen LogP contribution in [0.5, 0.6) is 5.75 Å². The molecule has 1 aliphatic rings. The van der Waals surface area contributed by atoms with E-state index in [0.717, 1.165) is 68.7 Å². The zero-order valence-electron chi connectivity index (χ0n) is 22.5. The van der Waals surface area contributed by atoms with Crippen LogP contribution in [0.15, 0.2) is 64.6 Å². The third-order valence-electron chi connectivity index (χ3n) is 7.10. The maximum Gasteiger partial charge on any atom is 0.333 e. The van der Waals surface area contributed by atoms with Gasteiger partial charge in [-0.05, 0) is 62.2 Å². The number of amides is 1. The van der Waals surface area contributed by atoms with Crippen LogP contribution in [-0.2, 0) is 0 Å². The van der Waals surface area contributed by atoms with Gasteiger partial charge in [-0.15, -0.1) is 0 Å². The molecule has 1 aromatic carbocycles. The molecule has 12 nitrogen and oxygen atoms in total. The summed E-state index contributed by atoms with van der Waals surface area (Å²) in [5.41, 5.74) is 5.36. The summed E-state index contributed by atoms with van der Waals surface area (Å²) in [4.78, 5) is 50.8. The lowest BCUT2D eigenvalue weighted by Gasteiger charge is -2.35. The molecule has 41 heavy (non-hydrogen) atoms. The normalized spacial score (nSPS) is 13.7. The van der Waals surface area contributed by atoms with E-state index in [1.54, 1.807) is 18.2 Å². The Hall–Kier alpha value is -5.02. The van der Waals surface area contributed by atoms with E-state index in [2.05, 4.69) is 24.8 Å². The highest BCUT2D eigenvalue weighted by atomic mass is 16.5. The topological polar surface area (TPSA) is 163 Å². The Balaban J connectivity index is 1.07. The predicted molar refractivity (Wildman–Crippen MR) is 153 cm³/mol. The molecule has 5 rings (SSSR count). The number of nitriles is 1. The van der Waals surface area contributed by atoms with Crippen molar-refractivity contribution in [3.8, 4) is 17.5 Å². The number of aromatic amines is 1. The summed E-state index contributed by atoms with van der Waals surface area (Å²) in [6, 6.07) is 12.7. The Kier molecular flexibility index (Phi) is 8.36. The number of nitrogens with zero attached hydrogens (tertiary/aromatic N) is 6. The molecule has 1 fully saturated rings. The fourth-order valence-electron chi connectivity index (χ4n) is 4.79. The minimum Gasteiger partial charge on any atom is -0.494 e. The van der Waals surface area contributed by atoms with E-state index in [-0.39, 0.29) is 5.56 Å². The third-order valence-corrected chi connectivity index (χ3v) is 7.10. The van der Waals surface area contributed by atoms with Gasteiger partial charge in [0, 0.05) is 44.0 Å². The van der Waals surface area contributed by atoms with Crippen LogP contribution in [0.25, 0.3) is 16.6 Å². The quantitative estimate of drug-likeness (QED) is 0.278. The number of benzene rings is 1. The molecule has 1 saturated heterocycles. The fourth-order valence-corrected chi connectivity index (χ4v) is 4.79. The standard InChI is InChI=1S/C29H30N8O4/c30-16-22-19-37(29(40)34-28(22)39)23-14-21-15-24(5-6-25(21)32-18-23)41-13-3-1-2-8-35-9-11-36(12-10-35)26-7-4-20(17-33-26)27(31)38/h4-7,14-15,17-19H,1-3,8-13H2,(H2,31,38)(H,34,39,40). The van der Waals surface area contributed by atoms with Crippen LogP contribution >= 0.6 is 0 Å². The van der Waals surface area contributed by atoms with Crippen LogP contribution in [0.2, 0.25) is 0 Å². The molecule has 0 radical (unpaired) electrons. The highest BCUT2D eigenvalue weighted by Gasteiger charge is 2.18. The highest BCUT2D eigenvalue weighted by Crippen LogP contribution is 2.22. The number of carbonyl (C=O) groups is 1. The number of unbranched alkanes of at least 4 members (excludes halogenated alkanes) is 2. The Bertz CT molecular complexity index is 1700. The lowest BCUT2D eigenvalue weighted by Crippen LogP contribution is -2.46. The van der Waals surface area contributed by atoms with Crippen molar-refractivity contribution in [3.05, 3.63) is 87.0 Å². The summed E-state index contributed by atoms with van der Waals surface area (Å²) in [5, 5.41) is 9.90. The van der Waals surface area contributed by atoms with Crippen molar-refractivity contribution in [1.82, 2.24) is 24.4 Å². The zero-order chi connectivity index (χ0) is 28.8. The lowest BCUT2D eigenvalue weighted by atomic mass is 10.2. The molecule has 210 valence electrons. The van der Waals surface area contributed by atoms with E-state index >= 15 is 0 Å². The number of ether oxygens (including phenoxy) is 1. The number of rotatable bonds is 10. The van der Waals surface area contributed by atoms with Gasteiger partial charge in [0.25, 0.3) is 5.56 Å². The Morgan fingerprint density at radius 3 is 2.59 bits per heavy atom. The number of piperazine rings is 1. The Morgan fingerprint density at radius 1 is 1.02 bits per heavy atom. The second-order valence-corrected chi connectivity index (χ2v) is 9.84. The van der Waals surface area contributed by atoms with Gasteiger partial charge in [-0.2, -0.15) is 5.26 Å². The molecule has 0 unspecified atom stereocenters. The summed E-state index contributed by atoms with van der Waals surface area (Å²) in [6.07, 6.45) is 7.32. The van der Waals surface area contributed by atoms with Crippen LogP contribution in [0.1, 0.15) is 35.2 Å². The number of anilines is 1. The van der Waals surface area contributed by atoms with Crippen molar-refractivity contribution < 1.29 is 9.53 Å². The van der Waals surface area contributed by atoms with Crippen LogP contribution in [0.4, 0.5) is 5.82 Å². The van der Waals surface area contributed by atoms with Crippen molar-refractivity contribution in [2.75, 3.05) is 44.2 Å². The van der Waals surface area contributed by atoms with Crippen molar-refractivity contribution in [2.45, 2.75) is 19.3 Å². The first kappa shape index (κ1) is 27.5. The van der Waals surface area contributed by atoms with Gasteiger partial charge in [0.2, 0.25) is 5.91 Å². The fraction of sp³-hybridized carbons (Fsp3) is 0.310. The molecule has 4 heterocycles. The number of carbonyl (C=O) groups excluding carboxylic acids is 1. The molecule has 3 N–H and O–H groups in total. The maximum absolute atomic E-state index is 12.3. The molecular weight excluding hydrogens is 524 g/mol. The van der Waals surface area contributed by atoms with Crippen LogP contribution in [0, 0.1) is 11.3 Å². The molecule has 4 aromatic rings. The summed E-state index contributed by atoms with van der Waals surface area (Å²) in [5.74, 6) is 1.10. The molecule has 0 aliphatic carbocycles. The molecule has 0 saturated carbocycles. The van der Waals surface area contributed by atoms with Gasteiger partial charge < -0.3 is 15.4 Å². The number of H-pyrrole nitrogens is 1. The Morgan fingerprint density at radius 2 is 1.85 bits per heavy atom. The van der Waals surface area contributed by atoms with E-state index in [1.807, 2.05) is 24.3 Å². The molecule has 0 spiro atoms. The SMILES string of the molecule is N#Cc1cn(-c2cnc3ccc(OCCCCCN4CCN(c5ccc(C(N)=O)cn5)CC4)cc3c2)c(=O)[nH]c1=O. The lowest BCUT2D eigenvalue weighted by molar-refractivity contribution is 0.1000. The number of fused-ring (bicyclic) bond motifs is 1. The zero-order valence-corrected chi connectivity index (χ0v) is 22.5. The smallest absolute Gasteiger partial charge is 0.333 e. The summed E-state index contributed by atoms with van der Waals surface area (Å²) < 4.78 is 7.16. The average molecular weight is 555 g/mol. The van der Waals surface area contributed by atoms with Crippen molar-refractivity contribution >= 4 is 22.6 Å². The van der Waals surface area contributed by atoms with Gasteiger partial charge in [0.05, 0.1) is 29.6 Å². The predicted octanol–water partition coefficient (Wildman–Crippen LogP) is 1.81. The monoisotopic (exact) mass is 554 g/mol. The number of nitrogens with one attached hydrogen (secondary N) is 1. The minimum absolute atomic E-state index is 0.158. The van der Waals surface area contributed by atoms with Gasteiger partial charge in [-0.3, -0.25) is 29.0 Å². The summed E-state index contributed by atoms with van der Waals surface area (Å²) in [6.45, 7) is 5.33. The van der Waals surface area contributed by atoms with E-state index in [1.165, 1.54) is 23.2 Å². The first-order valence-corrected chi connectivity index (χ1v) is 13.4. The average Bonchev–Trinajstić information content (AvgIpc) is 2.99. The molecular formula is C29H30N8O4. The minimum atomic E-state index is -0.719.